The molecule has 11 nitrogen and oxygen atoms in total. The molecule has 8 rings (SSSR count). The molecule has 4 aromatic rings. The number of fused-ring (bicyclic) bond motifs is 2. The molecule has 3 aliphatic heterocycles. The van der Waals surface area contributed by atoms with Gasteiger partial charge in [-0.25, -0.2) is 9.98 Å². The maximum Gasteiger partial charge on any atom is 0.246 e. The van der Waals surface area contributed by atoms with E-state index in [0.29, 0.717) is 36.9 Å². The van der Waals surface area contributed by atoms with Crippen molar-refractivity contribution in [2.75, 3.05) is 31.1 Å². The minimum absolute atomic E-state index is 0.158. The molecule has 4 amide bonds. The fourth-order valence-corrected chi connectivity index (χ4v) is 11.8. The lowest BCUT2D eigenvalue weighted by molar-refractivity contribution is -0.144. The summed E-state index contributed by atoms with van der Waals surface area (Å²) in [7, 11) is 0. The zero-order valence-electron chi connectivity index (χ0n) is 38.8. The van der Waals surface area contributed by atoms with E-state index in [9.17, 15) is 19.2 Å². The fraction of sp³-hybridized carbons (Fsp3) is 0.500. The average Bonchev–Trinajstić information content (AvgIpc) is 4.03. The number of likely N-dealkylation sites (tertiary alicyclic amines) is 2. The summed E-state index contributed by atoms with van der Waals surface area (Å²) in [4.78, 5) is 70.1. The molecule has 13 heteroatoms. The van der Waals surface area contributed by atoms with Gasteiger partial charge in [0.05, 0.1) is 38.9 Å². The van der Waals surface area contributed by atoms with Crippen LogP contribution in [0.2, 0.25) is 5.02 Å². The molecule has 3 fully saturated rings. The van der Waals surface area contributed by atoms with Crippen molar-refractivity contribution in [3.05, 3.63) is 99.1 Å². The number of nitrogens with zero attached hydrogens (tertiary/aromatic N) is 5. The van der Waals surface area contributed by atoms with E-state index in [1.54, 1.807) is 16.2 Å². The highest BCUT2D eigenvalue weighted by Crippen LogP contribution is 2.54. The zero-order chi connectivity index (χ0) is 46.0. The van der Waals surface area contributed by atoms with E-state index in [0.717, 1.165) is 103 Å². The second kappa shape index (κ2) is 19.5. The predicted octanol–water partition coefficient (Wildman–Crippen LogP) is 9.96. The van der Waals surface area contributed by atoms with Gasteiger partial charge >= 0.3 is 0 Å². The number of piperidine rings is 1. The predicted molar refractivity (Wildman–Crippen MR) is 261 cm³/mol. The van der Waals surface area contributed by atoms with Crippen LogP contribution in [-0.2, 0) is 24.6 Å². The Morgan fingerprint density at radius 2 is 1.68 bits per heavy atom. The number of hydrogen-bond donors (Lipinski definition) is 2. The quantitative estimate of drug-likeness (QED) is 0.136. The fourth-order valence-electron chi connectivity index (χ4n) is 10.8. The third-order valence-electron chi connectivity index (χ3n) is 14.5. The van der Waals surface area contributed by atoms with Crippen molar-refractivity contribution < 1.29 is 19.2 Å². The molecule has 2 N–H and O–H groups in total. The molecular weight excluding hydrogens is 854 g/mol. The summed E-state index contributed by atoms with van der Waals surface area (Å²) < 4.78 is 0. The molecule has 4 aliphatic rings. The lowest BCUT2D eigenvalue weighted by Crippen LogP contribution is -2.58. The zero-order valence-corrected chi connectivity index (χ0v) is 40.4. The highest BCUT2D eigenvalue weighted by Gasteiger charge is 2.50. The van der Waals surface area contributed by atoms with E-state index >= 15 is 0 Å². The van der Waals surface area contributed by atoms with Gasteiger partial charge in [0.1, 0.15) is 17.9 Å². The smallest absolute Gasteiger partial charge is 0.246 e. The molecule has 3 atom stereocenters. The van der Waals surface area contributed by atoms with Crippen molar-refractivity contribution in [1.82, 2.24) is 25.4 Å². The van der Waals surface area contributed by atoms with Crippen LogP contribution in [0, 0.1) is 19.3 Å². The number of aryl methyl sites for hydroxylation is 1. The molecule has 1 saturated carbocycles. The number of rotatable bonds is 12. The summed E-state index contributed by atoms with van der Waals surface area (Å²) in [6.07, 6.45) is 9.47. The number of aliphatic imine (C=N–C) groups is 1. The Morgan fingerprint density at radius 1 is 0.938 bits per heavy atom. The molecule has 344 valence electrons. The largest absolute Gasteiger partial charge is 0.348 e. The maximum atomic E-state index is 14.3. The normalized spacial score (nSPS) is 20.5. The number of aromatic nitrogens is 1. The number of halogens is 1. The van der Waals surface area contributed by atoms with Gasteiger partial charge in [-0.3, -0.25) is 24.1 Å². The first-order valence-electron chi connectivity index (χ1n) is 23.5. The van der Waals surface area contributed by atoms with Gasteiger partial charge in [0.2, 0.25) is 24.1 Å². The molecule has 2 saturated heterocycles. The molecular formula is C52H64ClN7O4S. The first kappa shape index (κ1) is 46.6. The maximum absolute atomic E-state index is 14.3. The first-order chi connectivity index (χ1) is 31.2. The average molecular weight is 919 g/mol. The first-order valence-corrected chi connectivity index (χ1v) is 24.8. The summed E-state index contributed by atoms with van der Waals surface area (Å²) in [6, 6.07) is 19.4. The highest BCUT2D eigenvalue weighted by molar-refractivity contribution is 7.13. The number of hydrogen-bond acceptors (Lipinski definition) is 7. The van der Waals surface area contributed by atoms with Crippen LogP contribution in [0.4, 0.5) is 11.4 Å². The van der Waals surface area contributed by atoms with E-state index in [1.807, 2.05) is 71.3 Å². The van der Waals surface area contributed by atoms with Crippen molar-refractivity contribution >= 4 is 64.3 Å². The van der Waals surface area contributed by atoms with Gasteiger partial charge in [0, 0.05) is 24.5 Å². The van der Waals surface area contributed by atoms with E-state index in [2.05, 4.69) is 66.8 Å². The molecule has 3 unspecified atom stereocenters. The van der Waals surface area contributed by atoms with Crippen molar-refractivity contribution in [1.29, 1.82) is 0 Å². The van der Waals surface area contributed by atoms with Gasteiger partial charge in [-0.15, -0.1) is 11.3 Å². The van der Waals surface area contributed by atoms with Gasteiger partial charge in [0.25, 0.3) is 0 Å². The van der Waals surface area contributed by atoms with Crippen molar-refractivity contribution in [3.8, 4) is 10.4 Å². The van der Waals surface area contributed by atoms with Crippen molar-refractivity contribution in [2.45, 2.75) is 135 Å². The van der Waals surface area contributed by atoms with Crippen molar-refractivity contribution in [2.24, 2.45) is 10.4 Å². The lowest BCUT2D eigenvalue weighted by Gasteiger charge is -2.36. The summed E-state index contributed by atoms with van der Waals surface area (Å²) in [5.41, 5.74) is 9.62. The minimum atomic E-state index is -0.766. The second-order valence-corrected chi connectivity index (χ2v) is 21.0. The van der Waals surface area contributed by atoms with Gasteiger partial charge in [-0.2, -0.15) is 0 Å². The number of anilines is 2. The van der Waals surface area contributed by atoms with Gasteiger partial charge in [-0.1, -0.05) is 94.1 Å². The van der Waals surface area contributed by atoms with Crippen LogP contribution in [-0.4, -0.2) is 83.0 Å². The highest BCUT2D eigenvalue weighted by atomic mass is 35.5. The Morgan fingerprint density at radius 3 is 2.35 bits per heavy atom. The third-order valence-corrected chi connectivity index (χ3v) is 15.9. The summed E-state index contributed by atoms with van der Waals surface area (Å²) >= 11 is 8.25. The van der Waals surface area contributed by atoms with Crippen LogP contribution in [0.25, 0.3) is 10.4 Å². The molecule has 0 bridgehead atoms. The van der Waals surface area contributed by atoms with Gasteiger partial charge in [0.15, 0.2) is 0 Å². The number of thiazole rings is 1. The van der Waals surface area contributed by atoms with E-state index in [4.69, 9.17) is 11.6 Å². The van der Waals surface area contributed by atoms with Crippen molar-refractivity contribution in [3.63, 3.8) is 0 Å². The van der Waals surface area contributed by atoms with Crippen LogP contribution < -0.4 is 15.5 Å². The Balaban J connectivity index is 0.874. The lowest BCUT2D eigenvalue weighted by atomic mass is 9.69. The van der Waals surface area contributed by atoms with Crippen LogP contribution >= 0.6 is 22.9 Å². The molecule has 3 aromatic carbocycles. The topological polar surface area (TPSA) is 127 Å². The van der Waals surface area contributed by atoms with Crippen LogP contribution in [0.3, 0.4) is 0 Å². The second-order valence-electron chi connectivity index (χ2n) is 19.7. The Labute approximate surface area is 393 Å². The molecule has 0 radical (unpaired) electrons. The SMILES string of the molecule is Cc1ncsc1-c1ccc(C(C)NC(=O)C2CCCN2C(=O)C(NC(=O)CCN2CCC(c3ccc4c(c3)C3(CCCCC3)C(=NC=O)N4c3cccc(Cl)c3C)CC2)C(C)(C)C)cc1. The molecule has 1 aliphatic carbocycles. The number of carbonyl (C=O) groups excluding carboxylic acids is 4. The Kier molecular flexibility index (Phi) is 14.0. The number of amides is 4. The number of carbonyl (C=O) groups is 4. The van der Waals surface area contributed by atoms with E-state index in [-0.39, 0.29) is 35.6 Å². The summed E-state index contributed by atoms with van der Waals surface area (Å²) in [6.45, 7) is 14.7. The summed E-state index contributed by atoms with van der Waals surface area (Å²) in [5, 5.41) is 6.95. The molecule has 1 spiro atoms. The Hall–Kier alpha value is -4.91. The van der Waals surface area contributed by atoms with E-state index < -0.39 is 17.5 Å². The number of benzene rings is 3. The minimum Gasteiger partial charge on any atom is -0.348 e. The van der Waals surface area contributed by atoms with Crippen LogP contribution in [0.1, 0.15) is 132 Å². The standard InChI is InChI=1S/C52H64ClN7O4S/c1-33-41(53)12-10-13-42(33)60-43-20-19-39(30-40(43)52(50(60)54-31-61)24-8-7-9-25-52)37-21-27-58(28-22-37)29-23-45(62)57-47(51(4,5)6)49(64)59-26-11-14-44(59)48(63)56-34(2)36-15-17-38(18-16-36)46-35(3)55-32-65-46/h10,12-13,15-20,30-32,34,37,44,47H,7-9,11,14,21-29H2,1-6H3,(H,56,63)(H,57,62). The summed E-state index contributed by atoms with van der Waals surface area (Å²) in [5.74, 6) is 0.642. The monoisotopic (exact) mass is 917 g/mol. The number of nitrogens with one attached hydrogen (secondary N) is 2. The van der Waals surface area contributed by atoms with Gasteiger partial charge in [-0.05, 0) is 130 Å². The van der Waals surface area contributed by atoms with Gasteiger partial charge < -0.3 is 20.4 Å². The molecule has 65 heavy (non-hydrogen) atoms. The molecule has 1 aromatic heterocycles. The number of amidine groups is 1. The Bertz CT molecular complexity index is 2430. The van der Waals surface area contributed by atoms with E-state index in [1.165, 1.54) is 17.5 Å². The van der Waals surface area contributed by atoms with Crippen LogP contribution in [0.15, 0.2) is 71.2 Å². The molecule has 4 heterocycles. The van der Waals surface area contributed by atoms with Crippen LogP contribution in [0.5, 0.6) is 0 Å². The third kappa shape index (κ3) is 9.54.